The molecular weight excluding hydrogens is 324 g/mol. The summed E-state index contributed by atoms with van der Waals surface area (Å²) in [5.74, 6) is 1.15. The predicted octanol–water partition coefficient (Wildman–Crippen LogP) is 4.21. The molecule has 0 aliphatic carbocycles. The fraction of sp³-hybridized carbons (Fsp3) is 0.222. The molecule has 5 nitrogen and oxygen atoms in total. The van der Waals surface area contributed by atoms with E-state index in [9.17, 15) is 5.11 Å². The SMILES string of the molecule is CCC(CO)Nc1nc(Nc2ccccc2Cl)nc2ccccc12. The van der Waals surface area contributed by atoms with Crippen molar-refractivity contribution < 1.29 is 5.11 Å². The van der Waals surface area contributed by atoms with Gasteiger partial charge in [-0.05, 0) is 30.7 Å². The molecule has 1 unspecified atom stereocenters. The highest BCUT2D eigenvalue weighted by atomic mass is 35.5. The van der Waals surface area contributed by atoms with Crippen molar-refractivity contribution in [2.24, 2.45) is 0 Å². The number of para-hydroxylation sites is 2. The number of benzene rings is 2. The van der Waals surface area contributed by atoms with Crippen LogP contribution in [0.5, 0.6) is 0 Å². The molecule has 6 heteroatoms. The number of anilines is 3. The third-order valence-electron chi connectivity index (χ3n) is 3.78. The summed E-state index contributed by atoms with van der Waals surface area (Å²) in [5.41, 5.74) is 1.56. The summed E-state index contributed by atoms with van der Waals surface area (Å²) >= 11 is 6.19. The minimum atomic E-state index is -0.0588. The topological polar surface area (TPSA) is 70.1 Å². The molecule has 124 valence electrons. The number of nitrogens with one attached hydrogen (secondary N) is 2. The minimum Gasteiger partial charge on any atom is -0.394 e. The standard InChI is InChI=1S/C18H19ClN4O/c1-2-12(11-24)20-17-13-7-3-5-9-15(13)21-18(23-17)22-16-10-6-4-8-14(16)19/h3-10,12,24H,2,11H2,1H3,(H2,20,21,22,23). The summed E-state index contributed by atoms with van der Waals surface area (Å²) in [6.45, 7) is 2.06. The Morgan fingerprint density at radius 2 is 1.83 bits per heavy atom. The van der Waals surface area contributed by atoms with Gasteiger partial charge in [0, 0.05) is 5.39 Å². The van der Waals surface area contributed by atoms with Crippen LogP contribution in [0, 0.1) is 0 Å². The van der Waals surface area contributed by atoms with Crippen molar-refractivity contribution in [1.82, 2.24) is 9.97 Å². The average Bonchev–Trinajstić information content (AvgIpc) is 2.61. The van der Waals surface area contributed by atoms with E-state index in [0.717, 1.165) is 23.0 Å². The normalized spacial score (nSPS) is 12.1. The van der Waals surface area contributed by atoms with Crippen molar-refractivity contribution in [3.63, 3.8) is 0 Å². The van der Waals surface area contributed by atoms with Crippen molar-refractivity contribution in [2.75, 3.05) is 17.2 Å². The summed E-state index contributed by atoms with van der Waals surface area (Å²) in [5, 5.41) is 17.4. The lowest BCUT2D eigenvalue weighted by molar-refractivity contribution is 0.271. The number of aliphatic hydroxyl groups excluding tert-OH is 1. The molecule has 3 rings (SSSR count). The maximum absolute atomic E-state index is 9.46. The summed E-state index contributed by atoms with van der Waals surface area (Å²) in [7, 11) is 0. The zero-order valence-electron chi connectivity index (χ0n) is 13.3. The van der Waals surface area contributed by atoms with Crippen LogP contribution >= 0.6 is 11.6 Å². The van der Waals surface area contributed by atoms with E-state index in [-0.39, 0.29) is 12.6 Å². The molecule has 1 aromatic heterocycles. The molecule has 0 amide bonds. The second kappa shape index (κ2) is 7.47. The monoisotopic (exact) mass is 342 g/mol. The van der Waals surface area contributed by atoms with E-state index < -0.39 is 0 Å². The lowest BCUT2D eigenvalue weighted by Gasteiger charge is -2.17. The molecule has 0 spiro atoms. The minimum absolute atomic E-state index is 0.0438. The van der Waals surface area contributed by atoms with Gasteiger partial charge in [-0.15, -0.1) is 0 Å². The molecule has 0 saturated heterocycles. The third kappa shape index (κ3) is 3.58. The van der Waals surface area contributed by atoms with Crippen molar-refractivity contribution >= 4 is 40.0 Å². The fourth-order valence-electron chi connectivity index (χ4n) is 2.40. The summed E-state index contributed by atoms with van der Waals surface area (Å²) in [6.07, 6.45) is 0.794. The van der Waals surface area contributed by atoms with E-state index in [4.69, 9.17) is 11.6 Å². The molecule has 0 aliphatic rings. The summed E-state index contributed by atoms with van der Waals surface area (Å²) in [6, 6.07) is 15.2. The molecule has 0 bridgehead atoms. The summed E-state index contributed by atoms with van der Waals surface area (Å²) in [4.78, 5) is 9.12. The molecule has 0 fully saturated rings. The van der Waals surface area contributed by atoms with Gasteiger partial charge in [-0.25, -0.2) is 4.98 Å². The van der Waals surface area contributed by atoms with Crippen molar-refractivity contribution in [3.05, 3.63) is 53.6 Å². The van der Waals surface area contributed by atoms with Gasteiger partial charge in [0.1, 0.15) is 5.82 Å². The van der Waals surface area contributed by atoms with Gasteiger partial charge in [0.2, 0.25) is 5.95 Å². The van der Waals surface area contributed by atoms with E-state index >= 15 is 0 Å². The zero-order valence-corrected chi connectivity index (χ0v) is 14.1. The first-order valence-electron chi connectivity index (χ1n) is 7.87. The molecule has 1 atom stereocenters. The van der Waals surface area contributed by atoms with Crippen LogP contribution in [0.15, 0.2) is 48.5 Å². The van der Waals surface area contributed by atoms with Gasteiger partial charge >= 0.3 is 0 Å². The summed E-state index contributed by atoms with van der Waals surface area (Å²) < 4.78 is 0. The Morgan fingerprint density at radius 1 is 1.08 bits per heavy atom. The van der Waals surface area contributed by atoms with E-state index in [1.807, 2.05) is 55.5 Å². The van der Waals surface area contributed by atoms with Crippen LogP contribution in [0.4, 0.5) is 17.5 Å². The maximum atomic E-state index is 9.46. The van der Waals surface area contributed by atoms with Crippen LogP contribution in [0.2, 0.25) is 5.02 Å². The van der Waals surface area contributed by atoms with Gasteiger partial charge in [-0.2, -0.15) is 4.98 Å². The lowest BCUT2D eigenvalue weighted by Crippen LogP contribution is -2.23. The first-order chi connectivity index (χ1) is 11.7. The number of aliphatic hydroxyl groups is 1. The van der Waals surface area contributed by atoms with Crippen LogP contribution in [0.3, 0.4) is 0 Å². The van der Waals surface area contributed by atoms with E-state index in [2.05, 4.69) is 20.6 Å². The number of rotatable bonds is 6. The molecule has 2 aromatic carbocycles. The Hall–Kier alpha value is -2.37. The Kier molecular flexibility index (Phi) is 5.13. The Morgan fingerprint density at radius 3 is 2.58 bits per heavy atom. The largest absolute Gasteiger partial charge is 0.394 e. The first kappa shape index (κ1) is 16.5. The van der Waals surface area contributed by atoms with Crippen LogP contribution in [0.1, 0.15) is 13.3 Å². The first-order valence-corrected chi connectivity index (χ1v) is 8.24. The van der Waals surface area contributed by atoms with Crippen LogP contribution < -0.4 is 10.6 Å². The molecule has 0 radical (unpaired) electrons. The molecular formula is C18H19ClN4O. The van der Waals surface area contributed by atoms with E-state index in [1.54, 1.807) is 0 Å². The van der Waals surface area contributed by atoms with Crippen LogP contribution in [0.25, 0.3) is 10.9 Å². The molecule has 24 heavy (non-hydrogen) atoms. The van der Waals surface area contributed by atoms with Gasteiger partial charge in [0.25, 0.3) is 0 Å². The maximum Gasteiger partial charge on any atom is 0.229 e. The predicted molar refractivity (Wildman–Crippen MR) is 99.1 cm³/mol. The quantitative estimate of drug-likeness (QED) is 0.626. The number of hydrogen-bond acceptors (Lipinski definition) is 5. The Bertz CT molecular complexity index is 836. The molecule has 3 N–H and O–H groups in total. The van der Waals surface area contributed by atoms with Crippen LogP contribution in [-0.4, -0.2) is 27.7 Å². The molecule has 0 saturated carbocycles. The van der Waals surface area contributed by atoms with Crippen molar-refractivity contribution in [3.8, 4) is 0 Å². The van der Waals surface area contributed by atoms with E-state index in [0.29, 0.717) is 16.8 Å². The van der Waals surface area contributed by atoms with Gasteiger partial charge in [-0.3, -0.25) is 0 Å². The van der Waals surface area contributed by atoms with Gasteiger partial charge in [0.15, 0.2) is 0 Å². The average molecular weight is 343 g/mol. The number of nitrogens with zero attached hydrogens (tertiary/aromatic N) is 2. The third-order valence-corrected chi connectivity index (χ3v) is 4.11. The van der Waals surface area contributed by atoms with Crippen LogP contribution in [-0.2, 0) is 0 Å². The Labute approximate surface area is 145 Å². The molecule has 3 aromatic rings. The lowest BCUT2D eigenvalue weighted by atomic mass is 10.2. The number of aromatic nitrogens is 2. The smallest absolute Gasteiger partial charge is 0.229 e. The van der Waals surface area contributed by atoms with Crippen molar-refractivity contribution in [2.45, 2.75) is 19.4 Å². The van der Waals surface area contributed by atoms with E-state index in [1.165, 1.54) is 0 Å². The highest BCUT2D eigenvalue weighted by Crippen LogP contribution is 2.27. The highest BCUT2D eigenvalue weighted by molar-refractivity contribution is 6.33. The highest BCUT2D eigenvalue weighted by Gasteiger charge is 2.12. The number of fused-ring (bicyclic) bond motifs is 1. The van der Waals surface area contributed by atoms with Gasteiger partial charge in [-0.1, -0.05) is 42.8 Å². The second-order valence-electron chi connectivity index (χ2n) is 5.45. The number of halogens is 1. The van der Waals surface area contributed by atoms with Crippen molar-refractivity contribution in [1.29, 1.82) is 0 Å². The fourth-order valence-corrected chi connectivity index (χ4v) is 2.58. The second-order valence-corrected chi connectivity index (χ2v) is 5.86. The Balaban J connectivity index is 2.01. The number of hydrogen-bond donors (Lipinski definition) is 3. The molecule has 0 aliphatic heterocycles. The van der Waals surface area contributed by atoms with Gasteiger partial charge in [0.05, 0.1) is 28.9 Å². The van der Waals surface area contributed by atoms with Gasteiger partial charge < -0.3 is 15.7 Å². The zero-order chi connectivity index (χ0) is 16.9. The molecule has 1 heterocycles.